The molecule has 0 spiro atoms. The Hall–Kier alpha value is -8.40. The molecule has 338 valence electrons. The lowest BCUT2D eigenvalue weighted by Gasteiger charge is -2.32. The van der Waals surface area contributed by atoms with Gasteiger partial charge in [0.05, 0.1) is 28.1 Å². The largest absolute Gasteiger partial charge is 0.310 e. The molecule has 0 unspecified atom stereocenters. The molecule has 11 aromatic rings. The maximum atomic E-state index is 2.58. The van der Waals surface area contributed by atoms with Gasteiger partial charge in [0, 0.05) is 55.6 Å². The van der Waals surface area contributed by atoms with Crippen LogP contribution in [0.4, 0.5) is 34.1 Å². The first-order valence-electron chi connectivity index (χ1n) is 24.5. The van der Waals surface area contributed by atoms with Gasteiger partial charge in [-0.15, -0.1) is 0 Å². The molecule has 1 aromatic heterocycles. The monoisotopic (exact) mass is 901 g/mol. The molecule has 10 aromatic carbocycles. The third kappa shape index (κ3) is 7.12. The number of hydrogen-bond donors (Lipinski definition) is 0. The molecule has 1 heterocycles. The third-order valence-electron chi connectivity index (χ3n) is 14.6. The van der Waals surface area contributed by atoms with Crippen LogP contribution in [0.5, 0.6) is 0 Å². The van der Waals surface area contributed by atoms with E-state index in [1.807, 2.05) is 0 Å². The highest BCUT2D eigenvalue weighted by atomic mass is 15.2. The van der Waals surface area contributed by atoms with Crippen molar-refractivity contribution < 1.29 is 0 Å². The van der Waals surface area contributed by atoms with E-state index >= 15 is 0 Å². The molecule has 1 aliphatic carbocycles. The van der Waals surface area contributed by atoms with Gasteiger partial charge in [-0.1, -0.05) is 176 Å². The van der Waals surface area contributed by atoms with E-state index in [0.717, 1.165) is 50.8 Å². The van der Waals surface area contributed by atoms with Gasteiger partial charge in [-0.2, -0.15) is 0 Å². The summed E-state index contributed by atoms with van der Waals surface area (Å²) >= 11 is 0. The predicted molar refractivity (Wildman–Crippen MR) is 298 cm³/mol. The molecule has 1 aliphatic rings. The summed E-state index contributed by atoms with van der Waals surface area (Å²) < 4.78 is 2.53. The van der Waals surface area contributed by atoms with Crippen molar-refractivity contribution in [1.82, 2.24) is 4.57 Å². The zero-order chi connectivity index (χ0) is 47.7. The van der Waals surface area contributed by atoms with Gasteiger partial charge < -0.3 is 14.4 Å². The second kappa shape index (κ2) is 17.0. The molecule has 0 amide bonds. The minimum Gasteiger partial charge on any atom is -0.310 e. The molecule has 3 nitrogen and oxygen atoms in total. The maximum absolute atomic E-state index is 2.58. The van der Waals surface area contributed by atoms with Crippen LogP contribution >= 0.6 is 0 Å². The number of aromatic nitrogens is 1. The minimum absolute atomic E-state index is 0.289. The highest BCUT2D eigenvalue weighted by Gasteiger charge is 2.41. The lowest BCUT2D eigenvalue weighted by atomic mass is 9.82. The molecule has 0 N–H and O–H groups in total. The zero-order valence-electron chi connectivity index (χ0n) is 40.7. The fourth-order valence-electron chi connectivity index (χ4n) is 11.1. The van der Waals surface area contributed by atoms with Gasteiger partial charge in [0.15, 0.2) is 0 Å². The Balaban J connectivity index is 1.24. The SMILES string of the molecule is Cc1ccc(N(c2ccc3c(c2)c2cc4c(c(N(c5ccc(C)cc5)c5ccc(C)cc5-c5ccccc5)c2n3-c2ccccc2)-c2ccccc2C4(C)C)c2ccc(C)cc2-c2ccccc2)cc1. The van der Waals surface area contributed by atoms with Crippen LogP contribution in [0.1, 0.15) is 47.2 Å². The standard InChI is InChI=1S/C67H55N3/c1-44-26-32-51(33-27-44)68(61-37-30-46(3)40-55(61)48-18-10-7-11-19-48)53-36-39-63-57(42-53)58-43-60-64(54-24-16-17-25-59(54)67(60,5)6)66(65(58)69(63)50-22-14-9-15-23-50)70(52-34-28-45(2)29-35-52)62-38-31-47(4)41-56(62)49-20-12-8-13-21-49/h7-43H,1-6H3. The molecule has 70 heavy (non-hydrogen) atoms. The van der Waals surface area contributed by atoms with E-state index in [4.69, 9.17) is 0 Å². The van der Waals surface area contributed by atoms with Crippen LogP contribution < -0.4 is 9.80 Å². The van der Waals surface area contributed by atoms with Crippen molar-refractivity contribution in [2.45, 2.75) is 47.0 Å². The second-order valence-electron chi connectivity index (χ2n) is 19.7. The Morgan fingerprint density at radius 2 is 0.857 bits per heavy atom. The normalized spacial score (nSPS) is 12.5. The van der Waals surface area contributed by atoms with Gasteiger partial charge in [-0.3, -0.25) is 0 Å². The molecule has 0 fully saturated rings. The average molecular weight is 902 g/mol. The number of benzene rings is 10. The van der Waals surface area contributed by atoms with Crippen molar-refractivity contribution in [3.05, 3.63) is 258 Å². The van der Waals surface area contributed by atoms with Gasteiger partial charge in [0.1, 0.15) is 0 Å². The number of nitrogens with zero attached hydrogens (tertiary/aromatic N) is 3. The van der Waals surface area contributed by atoms with Crippen LogP contribution in [0.15, 0.2) is 224 Å². The molecule has 12 rings (SSSR count). The molecule has 0 aliphatic heterocycles. The summed E-state index contributed by atoms with van der Waals surface area (Å²) in [5, 5.41) is 2.39. The minimum atomic E-state index is -0.289. The van der Waals surface area contributed by atoms with E-state index in [1.165, 1.54) is 77.5 Å². The van der Waals surface area contributed by atoms with Gasteiger partial charge in [-0.25, -0.2) is 0 Å². The first-order chi connectivity index (χ1) is 34.1. The summed E-state index contributed by atoms with van der Waals surface area (Å²) in [6.45, 7) is 13.5. The van der Waals surface area contributed by atoms with Crippen molar-refractivity contribution >= 4 is 55.9 Å². The first-order valence-corrected chi connectivity index (χ1v) is 24.5. The van der Waals surface area contributed by atoms with E-state index in [2.05, 4.69) is 280 Å². The lowest BCUT2D eigenvalue weighted by Crippen LogP contribution is -2.17. The van der Waals surface area contributed by atoms with Crippen LogP contribution in [0.2, 0.25) is 0 Å². The van der Waals surface area contributed by atoms with Crippen LogP contribution in [0.3, 0.4) is 0 Å². The van der Waals surface area contributed by atoms with Gasteiger partial charge in [-0.05, 0) is 140 Å². The summed E-state index contributed by atoms with van der Waals surface area (Å²) in [7, 11) is 0. The van der Waals surface area contributed by atoms with Crippen LogP contribution in [-0.2, 0) is 5.41 Å². The fraction of sp³-hybridized carbons (Fsp3) is 0.104. The van der Waals surface area contributed by atoms with Gasteiger partial charge in [0.2, 0.25) is 0 Å². The van der Waals surface area contributed by atoms with E-state index in [0.29, 0.717) is 0 Å². The Morgan fingerprint density at radius 1 is 0.371 bits per heavy atom. The van der Waals surface area contributed by atoms with Gasteiger partial charge in [0.25, 0.3) is 0 Å². The Bertz CT molecular complexity index is 3750. The van der Waals surface area contributed by atoms with E-state index < -0.39 is 0 Å². The highest BCUT2D eigenvalue weighted by Crippen LogP contribution is 2.59. The molecule has 0 atom stereocenters. The second-order valence-corrected chi connectivity index (χ2v) is 19.7. The Kier molecular flexibility index (Phi) is 10.4. The van der Waals surface area contributed by atoms with E-state index in [-0.39, 0.29) is 5.41 Å². The topological polar surface area (TPSA) is 11.4 Å². The number of rotatable bonds is 9. The number of hydrogen-bond acceptors (Lipinski definition) is 2. The Morgan fingerprint density at radius 3 is 1.44 bits per heavy atom. The molecule has 0 saturated carbocycles. The van der Waals surface area contributed by atoms with Crippen molar-refractivity contribution in [3.63, 3.8) is 0 Å². The highest BCUT2D eigenvalue weighted by molar-refractivity contribution is 6.20. The number of anilines is 6. The number of para-hydroxylation sites is 1. The van der Waals surface area contributed by atoms with Crippen molar-refractivity contribution in [3.8, 4) is 39.1 Å². The van der Waals surface area contributed by atoms with Crippen LogP contribution in [0.25, 0.3) is 60.9 Å². The average Bonchev–Trinajstić information content (AvgIpc) is 3.84. The van der Waals surface area contributed by atoms with Crippen molar-refractivity contribution in [2.75, 3.05) is 9.80 Å². The molecule has 0 bridgehead atoms. The quantitative estimate of drug-likeness (QED) is 0.143. The summed E-state index contributed by atoms with van der Waals surface area (Å²) in [5.74, 6) is 0. The van der Waals surface area contributed by atoms with Crippen LogP contribution in [-0.4, -0.2) is 4.57 Å². The molecular formula is C67H55N3. The molecule has 0 saturated heterocycles. The summed E-state index contributed by atoms with van der Waals surface area (Å²) in [6, 6.07) is 83.4. The molecule has 3 heteroatoms. The van der Waals surface area contributed by atoms with Crippen LogP contribution in [0, 0.1) is 27.7 Å². The first kappa shape index (κ1) is 42.9. The molecular weight excluding hydrogens is 847 g/mol. The summed E-state index contributed by atoms with van der Waals surface area (Å²) in [4.78, 5) is 5.04. The third-order valence-corrected chi connectivity index (χ3v) is 14.6. The number of fused-ring (bicyclic) bond motifs is 6. The maximum Gasteiger partial charge on any atom is 0.0791 e. The fourth-order valence-corrected chi connectivity index (χ4v) is 11.1. The van der Waals surface area contributed by atoms with Crippen molar-refractivity contribution in [2.24, 2.45) is 0 Å². The number of aryl methyl sites for hydroxylation is 4. The smallest absolute Gasteiger partial charge is 0.0791 e. The Labute approximate surface area is 412 Å². The summed E-state index contributed by atoms with van der Waals surface area (Å²) in [6.07, 6.45) is 0. The molecule has 0 radical (unpaired) electrons. The lowest BCUT2D eigenvalue weighted by molar-refractivity contribution is 0.661. The van der Waals surface area contributed by atoms with Crippen molar-refractivity contribution in [1.29, 1.82) is 0 Å². The predicted octanol–water partition coefficient (Wildman–Crippen LogP) is 18.6. The van der Waals surface area contributed by atoms with Gasteiger partial charge >= 0.3 is 0 Å². The van der Waals surface area contributed by atoms with E-state index in [9.17, 15) is 0 Å². The van der Waals surface area contributed by atoms with E-state index in [1.54, 1.807) is 0 Å². The zero-order valence-corrected chi connectivity index (χ0v) is 40.7. The summed E-state index contributed by atoms with van der Waals surface area (Å²) in [5.41, 5.74) is 24.7.